The molecule has 0 bridgehead atoms. The molecule has 0 aliphatic heterocycles. The SMILES string of the molecule is COc1ncccc1-n1c(Nc2ccccc2)nc2ccc(Cl)cc2c1=O. The number of hydrogen-bond donors (Lipinski definition) is 1. The highest BCUT2D eigenvalue weighted by molar-refractivity contribution is 6.31. The number of hydrogen-bond acceptors (Lipinski definition) is 5. The molecular formula is C20H15ClN4O2. The molecule has 0 unspecified atom stereocenters. The second-order valence-electron chi connectivity index (χ2n) is 5.76. The van der Waals surface area contributed by atoms with Crippen LogP contribution in [0.5, 0.6) is 5.88 Å². The van der Waals surface area contributed by atoms with Crippen molar-refractivity contribution in [1.82, 2.24) is 14.5 Å². The second kappa shape index (κ2) is 7.09. The first-order chi connectivity index (χ1) is 13.2. The number of rotatable bonds is 4. The highest BCUT2D eigenvalue weighted by atomic mass is 35.5. The number of ether oxygens (including phenoxy) is 1. The first-order valence-corrected chi connectivity index (χ1v) is 8.59. The predicted molar refractivity (Wildman–Crippen MR) is 106 cm³/mol. The summed E-state index contributed by atoms with van der Waals surface area (Å²) >= 11 is 6.09. The Bertz CT molecular complexity index is 1180. The molecule has 0 fully saturated rings. The standard InChI is InChI=1S/C20H15ClN4O2/c1-27-18-17(8-5-11-22-18)25-19(26)15-12-13(21)9-10-16(15)24-20(25)23-14-6-3-2-4-7-14/h2-12H,1H3,(H,23,24). The Kier molecular flexibility index (Phi) is 4.48. The first-order valence-electron chi connectivity index (χ1n) is 8.21. The van der Waals surface area contributed by atoms with Gasteiger partial charge in [0.25, 0.3) is 5.56 Å². The van der Waals surface area contributed by atoms with E-state index in [1.165, 1.54) is 11.7 Å². The van der Waals surface area contributed by atoms with Crippen molar-refractivity contribution in [2.45, 2.75) is 0 Å². The molecule has 0 amide bonds. The zero-order chi connectivity index (χ0) is 18.8. The van der Waals surface area contributed by atoms with Crippen molar-refractivity contribution in [3.8, 4) is 11.6 Å². The van der Waals surface area contributed by atoms with Gasteiger partial charge in [0.05, 0.1) is 18.0 Å². The molecule has 2 aromatic carbocycles. The van der Waals surface area contributed by atoms with E-state index in [0.29, 0.717) is 33.4 Å². The normalized spacial score (nSPS) is 10.7. The molecule has 0 radical (unpaired) electrons. The van der Waals surface area contributed by atoms with Gasteiger partial charge in [-0.1, -0.05) is 29.8 Å². The number of nitrogens with one attached hydrogen (secondary N) is 1. The number of anilines is 2. The van der Waals surface area contributed by atoms with Gasteiger partial charge in [0.2, 0.25) is 11.8 Å². The Morgan fingerprint density at radius 3 is 2.67 bits per heavy atom. The summed E-state index contributed by atoms with van der Waals surface area (Å²) in [7, 11) is 1.51. The molecule has 0 saturated carbocycles. The molecule has 0 atom stereocenters. The van der Waals surface area contributed by atoms with Gasteiger partial charge in [-0.3, -0.25) is 4.79 Å². The fraction of sp³-hybridized carbons (Fsp3) is 0.0500. The van der Waals surface area contributed by atoms with Crippen molar-refractivity contribution in [3.05, 3.63) is 82.2 Å². The summed E-state index contributed by atoms with van der Waals surface area (Å²) in [5, 5.41) is 4.08. The Morgan fingerprint density at radius 2 is 1.89 bits per heavy atom. The molecule has 6 nitrogen and oxygen atoms in total. The molecule has 2 heterocycles. The highest BCUT2D eigenvalue weighted by Crippen LogP contribution is 2.25. The Balaban J connectivity index is 2.03. The molecule has 27 heavy (non-hydrogen) atoms. The Labute approximate surface area is 160 Å². The summed E-state index contributed by atoms with van der Waals surface area (Å²) in [5.74, 6) is 0.672. The number of benzene rings is 2. The van der Waals surface area contributed by atoms with E-state index < -0.39 is 0 Å². The van der Waals surface area contributed by atoms with Crippen LogP contribution in [0.1, 0.15) is 0 Å². The molecule has 134 valence electrons. The molecule has 0 spiro atoms. The van der Waals surface area contributed by atoms with Crippen molar-refractivity contribution in [1.29, 1.82) is 0 Å². The first kappa shape index (κ1) is 17.1. The van der Waals surface area contributed by atoms with Gasteiger partial charge in [0.15, 0.2) is 0 Å². The number of para-hydroxylation sites is 1. The van der Waals surface area contributed by atoms with Gasteiger partial charge in [-0.05, 0) is 42.5 Å². The summed E-state index contributed by atoms with van der Waals surface area (Å²) < 4.78 is 6.79. The minimum atomic E-state index is -0.271. The lowest BCUT2D eigenvalue weighted by Crippen LogP contribution is -2.23. The maximum Gasteiger partial charge on any atom is 0.267 e. The average Bonchev–Trinajstić information content (AvgIpc) is 2.70. The molecule has 0 saturated heterocycles. The Morgan fingerprint density at radius 1 is 1.07 bits per heavy atom. The molecular weight excluding hydrogens is 364 g/mol. The van der Waals surface area contributed by atoms with E-state index in [4.69, 9.17) is 16.3 Å². The molecule has 7 heteroatoms. The lowest BCUT2D eigenvalue weighted by atomic mass is 10.2. The van der Waals surface area contributed by atoms with Crippen LogP contribution in [0.25, 0.3) is 16.6 Å². The average molecular weight is 379 g/mol. The van der Waals surface area contributed by atoms with Gasteiger partial charge in [0.1, 0.15) is 5.69 Å². The van der Waals surface area contributed by atoms with Crippen LogP contribution in [0, 0.1) is 0 Å². The summed E-state index contributed by atoms with van der Waals surface area (Å²) in [6.07, 6.45) is 1.60. The van der Waals surface area contributed by atoms with Gasteiger partial charge in [-0.25, -0.2) is 14.5 Å². The van der Waals surface area contributed by atoms with Crippen LogP contribution in [0.3, 0.4) is 0 Å². The monoisotopic (exact) mass is 378 g/mol. The van der Waals surface area contributed by atoms with Crippen molar-refractivity contribution in [2.75, 3.05) is 12.4 Å². The van der Waals surface area contributed by atoms with E-state index in [9.17, 15) is 4.79 Å². The topological polar surface area (TPSA) is 69.0 Å². The molecule has 4 aromatic rings. The van der Waals surface area contributed by atoms with E-state index in [0.717, 1.165) is 5.69 Å². The van der Waals surface area contributed by atoms with Gasteiger partial charge in [-0.15, -0.1) is 0 Å². The van der Waals surface area contributed by atoms with Crippen molar-refractivity contribution in [3.63, 3.8) is 0 Å². The van der Waals surface area contributed by atoms with E-state index in [2.05, 4.69) is 15.3 Å². The van der Waals surface area contributed by atoms with Crippen LogP contribution >= 0.6 is 11.6 Å². The molecule has 0 aliphatic rings. The molecule has 0 aliphatic carbocycles. The van der Waals surface area contributed by atoms with Crippen LogP contribution < -0.4 is 15.6 Å². The van der Waals surface area contributed by atoms with Crippen LogP contribution in [0.15, 0.2) is 71.7 Å². The molecule has 1 N–H and O–H groups in total. The zero-order valence-electron chi connectivity index (χ0n) is 14.4. The predicted octanol–water partition coefficient (Wildman–Crippen LogP) is 4.19. The third kappa shape index (κ3) is 3.22. The van der Waals surface area contributed by atoms with Gasteiger partial charge >= 0.3 is 0 Å². The van der Waals surface area contributed by atoms with Crippen LogP contribution in [0.4, 0.5) is 11.6 Å². The highest BCUT2D eigenvalue weighted by Gasteiger charge is 2.17. The summed E-state index contributed by atoms with van der Waals surface area (Å²) in [4.78, 5) is 22.1. The van der Waals surface area contributed by atoms with E-state index in [1.807, 2.05) is 30.3 Å². The van der Waals surface area contributed by atoms with Crippen LogP contribution in [-0.4, -0.2) is 21.6 Å². The third-order valence-electron chi connectivity index (χ3n) is 4.05. The molecule has 2 aromatic heterocycles. The fourth-order valence-electron chi connectivity index (χ4n) is 2.83. The van der Waals surface area contributed by atoms with Crippen molar-refractivity contribution in [2.24, 2.45) is 0 Å². The van der Waals surface area contributed by atoms with Gasteiger partial charge < -0.3 is 10.1 Å². The van der Waals surface area contributed by atoms with E-state index in [-0.39, 0.29) is 5.56 Å². The summed E-state index contributed by atoms with van der Waals surface area (Å²) in [6, 6.07) is 18.0. The zero-order valence-corrected chi connectivity index (χ0v) is 15.1. The smallest absolute Gasteiger partial charge is 0.267 e. The maximum absolute atomic E-state index is 13.3. The minimum absolute atomic E-state index is 0.271. The fourth-order valence-corrected chi connectivity index (χ4v) is 3.00. The number of pyridine rings is 1. The van der Waals surface area contributed by atoms with Gasteiger partial charge in [-0.2, -0.15) is 0 Å². The molecule has 4 rings (SSSR count). The quantitative estimate of drug-likeness (QED) is 0.576. The van der Waals surface area contributed by atoms with Crippen LogP contribution in [0.2, 0.25) is 5.02 Å². The summed E-state index contributed by atoms with van der Waals surface area (Å²) in [6.45, 7) is 0. The lowest BCUT2D eigenvalue weighted by molar-refractivity contribution is 0.395. The minimum Gasteiger partial charge on any atom is -0.479 e. The number of aromatic nitrogens is 3. The maximum atomic E-state index is 13.3. The lowest BCUT2D eigenvalue weighted by Gasteiger charge is -2.16. The number of fused-ring (bicyclic) bond motifs is 1. The van der Waals surface area contributed by atoms with Crippen molar-refractivity contribution < 1.29 is 4.74 Å². The van der Waals surface area contributed by atoms with E-state index in [1.54, 1.807) is 36.5 Å². The number of methoxy groups -OCH3 is 1. The third-order valence-corrected chi connectivity index (χ3v) is 4.28. The number of halogens is 1. The summed E-state index contributed by atoms with van der Waals surface area (Å²) in [5.41, 5.74) is 1.56. The number of nitrogens with zero attached hydrogens (tertiary/aromatic N) is 3. The van der Waals surface area contributed by atoms with E-state index >= 15 is 0 Å². The largest absolute Gasteiger partial charge is 0.479 e. The van der Waals surface area contributed by atoms with Crippen LogP contribution in [-0.2, 0) is 0 Å². The Hall–Kier alpha value is -3.38. The van der Waals surface area contributed by atoms with Crippen molar-refractivity contribution >= 4 is 34.1 Å². The van der Waals surface area contributed by atoms with Gasteiger partial charge in [0, 0.05) is 16.9 Å². The second-order valence-corrected chi connectivity index (χ2v) is 6.20.